The first-order chi connectivity index (χ1) is 7.31. The monoisotopic (exact) mass is 208 g/mol. The highest BCUT2D eigenvalue weighted by atomic mass is 15.4. The van der Waals surface area contributed by atoms with E-state index in [0.717, 1.165) is 44.7 Å². The number of rotatable bonds is 4. The van der Waals surface area contributed by atoms with Gasteiger partial charge in [-0.15, -0.1) is 5.10 Å². The fourth-order valence-corrected chi connectivity index (χ4v) is 2.20. The standard InChI is InChI=1S/C11H20N4/c1-9-4-5-11-10(8-9)13-14-15(11)7-3-2-6-12/h9H,2-8,12H2,1H3. The molecule has 1 heterocycles. The number of unbranched alkanes of at least 4 members (excludes halogenated alkanes) is 1. The van der Waals surface area contributed by atoms with Crippen LogP contribution in [0.15, 0.2) is 0 Å². The maximum Gasteiger partial charge on any atom is 0.0861 e. The van der Waals surface area contributed by atoms with Crippen LogP contribution in [0.2, 0.25) is 0 Å². The van der Waals surface area contributed by atoms with Gasteiger partial charge < -0.3 is 5.73 Å². The second kappa shape index (κ2) is 4.75. The minimum absolute atomic E-state index is 0.770. The van der Waals surface area contributed by atoms with Crippen molar-refractivity contribution in [2.24, 2.45) is 11.7 Å². The van der Waals surface area contributed by atoms with Crippen molar-refractivity contribution in [2.75, 3.05) is 6.54 Å². The Morgan fingerprint density at radius 2 is 2.33 bits per heavy atom. The van der Waals surface area contributed by atoms with Crippen LogP contribution in [0.3, 0.4) is 0 Å². The predicted octanol–water partition coefficient (Wildman–Crippen LogP) is 1.14. The van der Waals surface area contributed by atoms with Gasteiger partial charge in [0.2, 0.25) is 0 Å². The van der Waals surface area contributed by atoms with Crippen molar-refractivity contribution in [3.8, 4) is 0 Å². The van der Waals surface area contributed by atoms with Crippen molar-refractivity contribution in [1.29, 1.82) is 0 Å². The van der Waals surface area contributed by atoms with Gasteiger partial charge in [-0.3, -0.25) is 0 Å². The molecule has 4 heteroatoms. The molecule has 1 aliphatic rings. The molecule has 1 aromatic rings. The fraction of sp³-hybridized carbons (Fsp3) is 0.818. The fourth-order valence-electron chi connectivity index (χ4n) is 2.20. The van der Waals surface area contributed by atoms with Crippen LogP contribution in [0.4, 0.5) is 0 Å². The molecule has 1 aliphatic carbocycles. The summed E-state index contributed by atoms with van der Waals surface area (Å²) in [6.45, 7) is 4.04. The van der Waals surface area contributed by atoms with Gasteiger partial charge in [0.15, 0.2) is 0 Å². The number of nitrogens with zero attached hydrogens (tertiary/aromatic N) is 3. The summed E-state index contributed by atoms with van der Waals surface area (Å²) >= 11 is 0. The average molecular weight is 208 g/mol. The zero-order chi connectivity index (χ0) is 10.7. The minimum Gasteiger partial charge on any atom is -0.330 e. The lowest BCUT2D eigenvalue weighted by atomic mass is 9.91. The summed E-state index contributed by atoms with van der Waals surface area (Å²) in [5.74, 6) is 0.770. The van der Waals surface area contributed by atoms with Crippen LogP contribution >= 0.6 is 0 Å². The first-order valence-corrected chi connectivity index (χ1v) is 5.92. The molecule has 2 rings (SSSR count). The van der Waals surface area contributed by atoms with Crippen molar-refractivity contribution in [2.45, 2.75) is 45.6 Å². The molecule has 0 amide bonds. The molecular formula is C11H20N4. The Hall–Kier alpha value is -0.900. The van der Waals surface area contributed by atoms with Crippen molar-refractivity contribution >= 4 is 0 Å². The lowest BCUT2D eigenvalue weighted by Gasteiger charge is -2.17. The summed E-state index contributed by atoms with van der Waals surface area (Å²) < 4.78 is 2.08. The maximum absolute atomic E-state index is 5.48. The van der Waals surface area contributed by atoms with Crippen LogP contribution in [-0.4, -0.2) is 21.5 Å². The van der Waals surface area contributed by atoms with E-state index in [0.29, 0.717) is 0 Å². The molecular weight excluding hydrogens is 188 g/mol. The number of fused-ring (bicyclic) bond motifs is 1. The molecule has 2 N–H and O–H groups in total. The van der Waals surface area contributed by atoms with Gasteiger partial charge in [0.1, 0.15) is 0 Å². The Bertz CT molecular complexity index is 318. The molecule has 0 fully saturated rings. The van der Waals surface area contributed by atoms with Gasteiger partial charge in [-0.2, -0.15) is 0 Å². The maximum atomic E-state index is 5.48. The quantitative estimate of drug-likeness (QED) is 0.755. The van der Waals surface area contributed by atoms with E-state index in [1.807, 2.05) is 0 Å². The highest BCUT2D eigenvalue weighted by Crippen LogP contribution is 2.23. The summed E-state index contributed by atoms with van der Waals surface area (Å²) in [4.78, 5) is 0. The number of nitrogens with two attached hydrogens (primary N) is 1. The number of hydrogen-bond donors (Lipinski definition) is 1. The Kier molecular flexibility index (Phi) is 3.36. The van der Waals surface area contributed by atoms with E-state index >= 15 is 0 Å². The number of aromatic nitrogens is 3. The SMILES string of the molecule is CC1CCc2c(nnn2CCCCN)C1. The van der Waals surface area contributed by atoms with E-state index < -0.39 is 0 Å². The molecule has 0 bridgehead atoms. The van der Waals surface area contributed by atoms with Crippen molar-refractivity contribution < 1.29 is 0 Å². The molecule has 15 heavy (non-hydrogen) atoms. The van der Waals surface area contributed by atoms with Crippen molar-refractivity contribution in [3.63, 3.8) is 0 Å². The molecule has 1 aromatic heterocycles. The molecule has 4 nitrogen and oxygen atoms in total. The smallest absolute Gasteiger partial charge is 0.0861 e. The Morgan fingerprint density at radius 3 is 3.13 bits per heavy atom. The van der Waals surface area contributed by atoms with E-state index in [9.17, 15) is 0 Å². The van der Waals surface area contributed by atoms with Crippen LogP contribution in [0, 0.1) is 5.92 Å². The molecule has 0 aromatic carbocycles. The Balaban J connectivity index is 2.01. The van der Waals surface area contributed by atoms with Gasteiger partial charge in [0.05, 0.1) is 11.4 Å². The van der Waals surface area contributed by atoms with Gasteiger partial charge in [-0.1, -0.05) is 12.1 Å². The lowest BCUT2D eigenvalue weighted by Crippen LogP contribution is -2.15. The van der Waals surface area contributed by atoms with Gasteiger partial charge in [0, 0.05) is 6.54 Å². The second-order valence-electron chi connectivity index (χ2n) is 4.55. The van der Waals surface area contributed by atoms with E-state index in [2.05, 4.69) is 21.9 Å². The summed E-state index contributed by atoms with van der Waals surface area (Å²) in [6, 6.07) is 0. The van der Waals surface area contributed by atoms with Crippen LogP contribution in [0.5, 0.6) is 0 Å². The molecule has 0 spiro atoms. The molecule has 0 saturated carbocycles. The number of hydrogen-bond acceptors (Lipinski definition) is 3. The summed E-state index contributed by atoms with van der Waals surface area (Å²) in [7, 11) is 0. The van der Waals surface area contributed by atoms with E-state index in [-0.39, 0.29) is 0 Å². The third-order valence-corrected chi connectivity index (χ3v) is 3.16. The predicted molar refractivity (Wildman–Crippen MR) is 59.5 cm³/mol. The van der Waals surface area contributed by atoms with Crippen LogP contribution in [0.25, 0.3) is 0 Å². The van der Waals surface area contributed by atoms with Crippen LogP contribution in [0.1, 0.15) is 37.6 Å². The minimum atomic E-state index is 0.770. The van der Waals surface area contributed by atoms with Crippen LogP contribution in [-0.2, 0) is 19.4 Å². The summed E-state index contributed by atoms with van der Waals surface area (Å²) in [6.07, 6.45) is 5.71. The van der Waals surface area contributed by atoms with Crippen molar-refractivity contribution in [1.82, 2.24) is 15.0 Å². The highest BCUT2D eigenvalue weighted by molar-refractivity contribution is 5.14. The van der Waals surface area contributed by atoms with E-state index in [1.165, 1.54) is 17.8 Å². The third-order valence-electron chi connectivity index (χ3n) is 3.16. The molecule has 0 saturated heterocycles. The largest absolute Gasteiger partial charge is 0.330 e. The van der Waals surface area contributed by atoms with Crippen molar-refractivity contribution in [3.05, 3.63) is 11.4 Å². The third kappa shape index (κ3) is 2.37. The summed E-state index contributed by atoms with van der Waals surface area (Å²) in [5, 5.41) is 8.50. The molecule has 84 valence electrons. The van der Waals surface area contributed by atoms with E-state index in [1.54, 1.807) is 0 Å². The lowest BCUT2D eigenvalue weighted by molar-refractivity contribution is 0.467. The first-order valence-electron chi connectivity index (χ1n) is 5.92. The van der Waals surface area contributed by atoms with Gasteiger partial charge >= 0.3 is 0 Å². The Labute approximate surface area is 90.8 Å². The highest BCUT2D eigenvalue weighted by Gasteiger charge is 2.20. The molecule has 1 unspecified atom stereocenters. The average Bonchev–Trinajstić information content (AvgIpc) is 2.61. The van der Waals surface area contributed by atoms with Gasteiger partial charge in [0.25, 0.3) is 0 Å². The number of aryl methyl sites for hydroxylation is 1. The van der Waals surface area contributed by atoms with Gasteiger partial charge in [-0.25, -0.2) is 4.68 Å². The first kappa shape index (κ1) is 10.6. The summed E-state index contributed by atoms with van der Waals surface area (Å²) in [5.41, 5.74) is 8.07. The van der Waals surface area contributed by atoms with Gasteiger partial charge in [-0.05, 0) is 44.6 Å². The zero-order valence-corrected chi connectivity index (χ0v) is 9.45. The Morgan fingerprint density at radius 1 is 1.47 bits per heavy atom. The molecule has 1 atom stereocenters. The molecule has 0 aliphatic heterocycles. The normalized spacial score (nSPS) is 20.3. The zero-order valence-electron chi connectivity index (χ0n) is 9.45. The second-order valence-corrected chi connectivity index (χ2v) is 4.55. The van der Waals surface area contributed by atoms with Crippen LogP contribution < -0.4 is 5.73 Å². The molecule has 0 radical (unpaired) electrons. The van der Waals surface area contributed by atoms with E-state index in [4.69, 9.17) is 5.73 Å². The topological polar surface area (TPSA) is 56.7 Å².